The van der Waals surface area contributed by atoms with Gasteiger partial charge in [0.15, 0.2) is 0 Å². The molecule has 142 valence electrons. The van der Waals surface area contributed by atoms with Crippen molar-refractivity contribution in [2.24, 2.45) is 0 Å². The summed E-state index contributed by atoms with van der Waals surface area (Å²) >= 11 is 0. The molecule has 0 saturated carbocycles. The number of benzene rings is 1. The molecule has 2 nitrogen and oxygen atoms in total. The van der Waals surface area contributed by atoms with E-state index in [4.69, 9.17) is 0 Å². The molecule has 0 fully saturated rings. The molecule has 5 heteroatoms. The van der Waals surface area contributed by atoms with E-state index in [0.717, 1.165) is 55.0 Å². The highest BCUT2D eigenvalue weighted by Gasteiger charge is 2.19. The van der Waals surface area contributed by atoms with Crippen LogP contribution in [-0.2, 0) is 25.9 Å². The number of fused-ring (bicyclic) bond motifs is 3. The van der Waals surface area contributed by atoms with Crippen molar-refractivity contribution < 1.29 is 8.78 Å². The lowest BCUT2D eigenvalue weighted by atomic mass is 10.1. The van der Waals surface area contributed by atoms with Crippen LogP contribution in [0, 0.1) is 5.82 Å². The second kappa shape index (κ2) is 8.26. The van der Waals surface area contributed by atoms with E-state index in [2.05, 4.69) is 22.2 Å². The molecule has 1 aliphatic carbocycles. The van der Waals surface area contributed by atoms with Crippen LogP contribution in [0.15, 0.2) is 42.2 Å². The number of nitrogens with zero attached hydrogens (tertiary/aromatic N) is 2. The summed E-state index contributed by atoms with van der Waals surface area (Å²) in [5.74, 6) is -0.490. The monoisotopic (exact) mass is 388 g/mol. The highest BCUT2D eigenvalue weighted by molar-refractivity contribution is 5.85. The summed E-state index contributed by atoms with van der Waals surface area (Å²) in [4.78, 5) is 2.31. The topological polar surface area (TPSA) is 8.17 Å². The van der Waals surface area contributed by atoms with Gasteiger partial charge in [-0.2, -0.15) is 0 Å². The van der Waals surface area contributed by atoms with Gasteiger partial charge in [0, 0.05) is 35.6 Å². The SMILES string of the molecule is CN1CCCc2c(c3c(n2CCc2ccc(F)cc2)=CC=C(F)C=C=3)C1.Cl. The van der Waals surface area contributed by atoms with Gasteiger partial charge in [-0.3, -0.25) is 0 Å². The molecule has 2 aliphatic rings. The van der Waals surface area contributed by atoms with Crippen molar-refractivity contribution in [3.05, 3.63) is 75.5 Å². The lowest BCUT2D eigenvalue weighted by molar-refractivity contribution is 0.331. The van der Waals surface area contributed by atoms with Crippen LogP contribution in [0.2, 0.25) is 0 Å². The molecule has 0 radical (unpaired) electrons. The Bertz CT molecular complexity index is 1010. The third kappa shape index (κ3) is 4.08. The Morgan fingerprint density at radius 2 is 1.89 bits per heavy atom. The van der Waals surface area contributed by atoms with Crippen LogP contribution in [0.3, 0.4) is 0 Å². The van der Waals surface area contributed by atoms with E-state index in [1.54, 1.807) is 0 Å². The van der Waals surface area contributed by atoms with Crippen molar-refractivity contribution in [1.29, 1.82) is 0 Å². The van der Waals surface area contributed by atoms with Crippen LogP contribution in [0.1, 0.15) is 23.2 Å². The molecule has 1 aliphatic heterocycles. The average molecular weight is 389 g/mol. The molecule has 27 heavy (non-hydrogen) atoms. The number of aryl methyl sites for hydroxylation is 1. The van der Waals surface area contributed by atoms with Crippen LogP contribution < -0.4 is 10.6 Å². The summed E-state index contributed by atoms with van der Waals surface area (Å²) < 4.78 is 29.2. The molecule has 4 rings (SSSR count). The lowest BCUT2D eigenvalue weighted by Gasteiger charge is -2.11. The normalized spacial score (nSPS) is 16.0. The lowest BCUT2D eigenvalue weighted by Crippen LogP contribution is -2.32. The first-order chi connectivity index (χ1) is 12.6. The molecule has 0 N–H and O–H groups in total. The van der Waals surface area contributed by atoms with Gasteiger partial charge in [-0.1, -0.05) is 12.1 Å². The van der Waals surface area contributed by atoms with E-state index in [1.807, 2.05) is 18.2 Å². The molecular weight excluding hydrogens is 366 g/mol. The van der Waals surface area contributed by atoms with E-state index < -0.39 is 0 Å². The van der Waals surface area contributed by atoms with Crippen LogP contribution in [0.5, 0.6) is 0 Å². The van der Waals surface area contributed by atoms with E-state index in [0.29, 0.717) is 0 Å². The van der Waals surface area contributed by atoms with Crippen molar-refractivity contribution >= 4 is 24.2 Å². The summed E-state index contributed by atoms with van der Waals surface area (Å²) in [6, 6.07) is 6.67. The van der Waals surface area contributed by atoms with Crippen LogP contribution >= 0.6 is 12.4 Å². The van der Waals surface area contributed by atoms with E-state index in [-0.39, 0.29) is 24.1 Å². The fourth-order valence-electron chi connectivity index (χ4n) is 3.89. The standard InChI is InChI=1S/C22H22F2N2.ClH/c1-25-13-2-3-21-20(15-25)19-10-8-18(24)9-11-22(19)26(21)14-12-16-4-6-17(23)7-5-16;/h4-9,11H,2-3,12-15H2,1H3;1H. The number of hydrogen-bond donors (Lipinski definition) is 0. The summed E-state index contributed by atoms with van der Waals surface area (Å²) in [6.45, 7) is 2.71. The van der Waals surface area contributed by atoms with Gasteiger partial charge in [0.25, 0.3) is 0 Å². The van der Waals surface area contributed by atoms with Crippen molar-refractivity contribution in [2.45, 2.75) is 32.4 Å². The molecule has 2 heterocycles. The smallest absolute Gasteiger partial charge is 0.130 e. The predicted octanol–water partition coefficient (Wildman–Crippen LogP) is 3.25. The maximum Gasteiger partial charge on any atom is 0.130 e. The Morgan fingerprint density at radius 1 is 1.11 bits per heavy atom. The third-order valence-electron chi connectivity index (χ3n) is 5.20. The second-order valence-electron chi connectivity index (χ2n) is 7.06. The van der Waals surface area contributed by atoms with Crippen molar-refractivity contribution in [2.75, 3.05) is 13.6 Å². The van der Waals surface area contributed by atoms with Gasteiger partial charge in [0.1, 0.15) is 11.6 Å². The average Bonchev–Trinajstić information content (AvgIpc) is 2.78. The summed E-state index contributed by atoms with van der Waals surface area (Å²) in [6.07, 6.45) is 7.73. The zero-order valence-electron chi connectivity index (χ0n) is 15.3. The number of aromatic nitrogens is 1. The maximum atomic E-state index is 13.8. The largest absolute Gasteiger partial charge is 0.343 e. The van der Waals surface area contributed by atoms with Gasteiger partial charge in [-0.05, 0) is 62.7 Å². The highest BCUT2D eigenvalue weighted by atomic mass is 35.5. The van der Waals surface area contributed by atoms with E-state index in [1.165, 1.54) is 35.5 Å². The molecule has 0 atom stereocenters. The van der Waals surface area contributed by atoms with Gasteiger partial charge >= 0.3 is 0 Å². The van der Waals surface area contributed by atoms with Crippen LogP contribution in [0.25, 0.3) is 11.8 Å². The number of allylic oxidation sites excluding steroid dienone is 3. The first kappa shape index (κ1) is 19.6. The number of halogens is 3. The number of hydrogen-bond acceptors (Lipinski definition) is 1. The molecular formula is C22H23ClF2N2. The zero-order chi connectivity index (χ0) is 18.1. The number of rotatable bonds is 3. The van der Waals surface area contributed by atoms with Crippen molar-refractivity contribution in [3.8, 4) is 0 Å². The minimum absolute atomic E-state index is 0. The molecule has 2 aromatic rings. The van der Waals surface area contributed by atoms with Gasteiger partial charge < -0.3 is 9.47 Å². The molecule has 0 saturated heterocycles. The Labute approximate surface area is 164 Å². The Hall–Kier alpha value is -2.13. The van der Waals surface area contributed by atoms with Gasteiger partial charge in [0.2, 0.25) is 0 Å². The second-order valence-corrected chi connectivity index (χ2v) is 7.06. The van der Waals surface area contributed by atoms with Crippen LogP contribution in [0.4, 0.5) is 8.78 Å². The zero-order valence-corrected chi connectivity index (χ0v) is 16.2. The van der Waals surface area contributed by atoms with Crippen molar-refractivity contribution in [3.63, 3.8) is 0 Å². The molecule has 0 unspecified atom stereocenters. The van der Waals surface area contributed by atoms with Gasteiger partial charge in [0.05, 0.1) is 5.35 Å². The molecule has 0 spiro atoms. The first-order valence-electron chi connectivity index (χ1n) is 9.09. The first-order valence-corrected chi connectivity index (χ1v) is 9.09. The molecule has 1 aromatic carbocycles. The molecule has 1 aromatic heterocycles. The predicted molar refractivity (Wildman–Crippen MR) is 107 cm³/mol. The Balaban J connectivity index is 0.00000210. The minimum atomic E-state index is -0.276. The highest BCUT2D eigenvalue weighted by Crippen LogP contribution is 2.16. The maximum absolute atomic E-state index is 13.8. The minimum Gasteiger partial charge on any atom is -0.343 e. The fourth-order valence-corrected chi connectivity index (χ4v) is 3.89. The van der Waals surface area contributed by atoms with Crippen molar-refractivity contribution in [1.82, 2.24) is 9.47 Å². The summed E-state index contributed by atoms with van der Waals surface area (Å²) in [5, 5.41) is 2.04. The van der Waals surface area contributed by atoms with Crippen LogP contribution in [-0.4, -0.2) is 23.1 Å². The van der Waals surface area contributed by atoms with Gasteiger partial charge in [-0.15, -0.1) is 18.1 Å². The van der Waals surface area contributed by atoms with Gasteiger partial charge in [-0.25, -0.2) is 8.78 Å². The molecule has 0 amide bonds. The van der Waals surface area contributed by atoms with E-state index in [9.17, 15) is 8.78 Å². The van der Waals surface area contributed by atoms with E-state index >= 15 is 0 Å². The summed E-state index contributed by atoms with van der Waals surface area (Å²) in [5.41, 5.74) is 6.87. The molecule has 0 bridgehead atoms. The fraction of sp³-hybridized carbons (Fsp3) is 0.318. The Morgan fingerprint density at radius 3 is 2.67 bits per heavy atom. The quantitative estimate of drug-likeness (QED) is 0.783. The Kier molecular flexibility index (Phi) is 6.01. The summed E-state index contributed by atoms with van der Waals surface area (Å²) in [7, 11) is 2.13. The third-order valence-corrected chi connectivity index (χ3v) is 5.20.